The Balaban J connectivity index is 1.77. The minimum atomic E-state index is 0.586. The van der Waals surface area contributed by atoms with Gasteiger partial charge in [-0.05, 0) is 50.4 Å². The Labute approximate surface area is 118 Å². The number of rotatable bonds is 5. The molecule has 19 heavy (non-hydrogen) atoms. The fourth-order valence-corrected chi connectivity index (χ4v) is 2.81. The Hall–Kier alpha value is -1.02. The summed E-state index contributed by atoms with van der Waals surface area (Å²) in [7, 11) is 0. The van der Waals surface area contributed by atoms with Gasteiger partial charge in [-0.15, -0.1) is 0 Å². The molecule has 1 saturated heterocycles. The summed E-state index contributed by atoms with van der Waals surface area (Å²) in [4.78, 5) is 2.63. The Kier molecular flexibility index (Phi) is 4.87. The SMILES string of the molecule is CCC1(C)CCN(C(C)CNc2ccccc2)CC1. The molecule has 0 saturated carbocycles. The van der Waals surface area contributed by atoms with E-state index in [-0.39, 0.29) is 0 Å². The third kappa shape index (κ3) is 3.97. The summed E-state index contributed by atoms with van der Waals surface area (Å²) in [6.45, 7) is 10.6. The predicted molar refractivity (Wildman–Crippen MR) is 83.6 cm³/mol. The monoisotopic (exact) mass is 260 g/mol. The maximum Gasteiger partial charge on any atom is 0.0340 e. The van der Waals surface area contributed by atoms with E-state index in [1.807, 2.05) is 0 Å². The molecular formula is C17H28N2. The van der Waals surface area contributed by atoms with Crippen LogP contribution in [0.5, 0.6) is 0 Å². The van der Waals surface area contributed by atoms with Crippen LogP contribution in [0.25, 0.3) is 0 Å². The molecule has 0 bridgehead atoms. The second kappa shape index (κ2) is 6.42. The lowest BCUT2D eigenvalue weighted by atomic mass is 9.78. The van der Waals surface area contributed by atoms with Crippen LogP contribution in [0, 0.1) is 5.41 Å². The zero-order valence-electron chi connectivity index (χ0n) is 12.7. The molecule has 0 aromatic heterocycles. The first kappa shape index (κ1) is 14.4. The maximum atomic E-state index is 3.53. The van der Waals surface area contributed by atoms with Gasteiger partial charge in [0.1, 0.15) is 0 Å². The van der Waals surface area contributed by atoms with Crippen molar-refractivity contribution in [1.29, 1.82) is 0 Å². The molecule has 1 atom stereocenters. The van der Waals surface area contributed by atoms with Crippen LogP contribution in [0.2, 0.25) is 0 Å². The van der Waals surface area contributed by atoms with Gasteiger partial charge in [0.05, 0.1) is 0 Å². The molecule has 0 spiro atoms. The van der Waals surface area contributed by atoms with Gasteiger partial charge < -0.3 is 5.32 Å². The van der Waals surface area contributed by atoms with Gasteiger partial charge in [0.2, 0.25) is 0 Å². The van der Waals surface area contributed by atoms with E-state index in [1.165, 1.54) is 38.0 Å². The van der Waals surface area contributed by atoms with Crippen molar-refractivity contribution in [2.24, 2.45) is 5.41 Å². The van der Waals surface area contributed by atoms with E-state index in [9.17, 15) is 0 Å². The molecule has 1 fully saturated rings. The molecule has 0 aliphatic carbocycles. The van der Waals surface area contributed by atoms with Crippen molar-refractivity contribution in [3.8, 4) is 0 Å². The smallest absolute Gasteiger partial charge is 0.0340 e. The fourth-order valence-electron chi connectivity index (χ4n) is 2.81. The lowest BCUT2D eigenvalue weighted by Crippen LogP contribution is -2.45. The standard InChI is InChI=1S/C17H28N2/c1-4-17(3)10-12-19(13-11-17)15(2)14-18-16-8-6-5-7-9-16/h5-9,15,18H,4,10-14H2,1-3H3. The van der Waals surface area contributed by atoms with E-state index < -0.39 is 0 Å². The zero-order chi connectivity index (χ0) is 13.7. The van der Waals surface area contributed by atoms with Gasteiger partial charge >= 0.3 is 0 Å². The summed E-state index contributed by atoms with van der Waals surface area (Å²) in [6, 6.07) is 11.1. The Bertz CT molecular complexity index is 366. The maximum absolute atomic E-state index is 3.53. The minimum Gasteiger partial charge on any atom is -0.383 e. The zero-order valence-corrected chi connectivity index (χ0v) is 12.7. The fraction of sp³-hybridized carbons (Fsp3) is 0.647. The topological polar surface area (TPSA) is 15.3 Å². The molecule has 1 N–H and O–H groups in total. The van der Waals surface area contributed by atoms with Crippen molar-refractivity contribution >= 4 is 5.69 Å². The van der Waals surface area contributed by atoms with Gasteiger partial charge in [-0.1, -0.05) is 38.5 Å². The van der Waals surface area contributed by atoms with Crippen molar-refractivity contribution in [2.75, 3.05) is 25.0 Å². The molecule has 2 nitrogen and oxygen atoms in total. The number of likely N-dealkylation sites (tertiary alicyclic amines) is 1. The van der Waals surface area contributed by atoms with Crippen LogP contribution in [0.1, 0.15) is 40.0 Å². The third-order valence-electron chi connectivity index (χ3n) is 4.86. The van der Waals surface area contributed by atoms with Crippen molar-refractivity contribution in [3.05, 3.63) is 30.3 Å². The van der Waals surface area contributed by atoms with Crippen LogP contribution >= 0.6 is 0 Å². The molecule has 1 heterocycles. The van der Waals surface area contributed by atoms with Crippen LogP contribution in [0.3, 0.4) is 0 Å². The highest BCUT2D eigenvalue weighted by molar-refractivity contribution is 5.42. The molecule has 1 aliphatic rings. The second-order valence-corrected chi connectivity index (χ2v) is 6.30. The van der Waals surface area contributed by atoms with Crippen LogP contribution in [0.4, 0.5) is 5.69 Å². The third-order valence-corrected chi connectivity index (χ3v) is 4.86. The largest absolute Gasteiger partial charge is 0.383 e. The van der Waals surface area contributed by atoms with Gasteiger partial charge in [-0.2, -0.15) is 0 Å². The summed E-state index contributed by atoms with van der Waals surface area (Å²) in [6.07, 6.45) is 4.01. The Morgan fingerprint density at radius 2 is 1.84 bits per heavy atom. The van der Waals surface area contributed by atoms with Crippen LogP contribution in [-0.2, 0) is 0 Å². The number of piperidine rings is 1. The average Bonchev–Trinajstić information content (AvgIpc) is 2.47. The Morgan fingerprint density at radius 1 is 1.21 bits per heavy atom. The van der Waals surface area contributed by atoms with Gasteiger partial charge in [0.15, 0.2) is 0 Å². The molecule has 2 rings (SSSR count). The van der Waals surface area contributed by atoms with E-state index in [2.05, 4.69) is 61.3 Å². The number of nitrogens with one attached hydrogen (secondary N) is 1. The summed E-state index contributed by atoms with van der Waals surface area (Å²) < 4.78 is 0. The molecule has 1 aromatic carbocycles. The molecule has 0 amide bonds. The van der Waals surface area contributed by atoms with Gasteiger partial charge in [-0.3, -0.25) is 4.90 Å². The first-order valence-corrected chi connectivity index (χ1v) is 7.66. The first-order chi connectivity index (χ1) is 9.13. The highest BCUT2D eigenvalue weighted by atomic mass is 15.2. The quantitative estimate of drug-likeness (QED) is 0.861. The molecular weight excluding hydrogens is 232 g/mol. The van der Waals surface area contributed by atoms with Gasteiger partial charge in [-0.25, -0.2) is 0 Å². The number of benzene rings is 1. The van der Waals surface area contributed by atoms with Crippen molar-refractivity contribution in [2.45, 2.75) is 46.1 Å². The van der Waals surface area contributed by atoms with E-state index in [1.54, 1.807) is 0 Å². The normalized spacial score (nSPS) is 21.0. The number of hydrogen-bond acceptors (Lipinski definition) is 2. The van der Waals surface area contributed by atoms with Crippen LogP contribution in [0.15, 0.2) is 30.3 Å². The minimum absolute atomic E-state index is 0.586. The number of para-hydroxylation sites is 1. The number of hydrogen-bond donors (Lipinski definition) is 1. The number of anilines is 1. The molecule has 106 valence electrons. The second-order valence-electron chi connectivity index (χ2n) is 6.30. The van der Waals surface area contributed by atoms with Gasteiger partial charge in [0, 0.05) is 18.3 Å². The molecule has 1 aliphatic heterocycles. The van der Waals surface area contributed by atoms with Crippen molar-refractivity contribution in [1.82, 2.24) is 4.90 Å². The molecule has 0 radical (unpaired) electrons. The van der Waals surface area contributed by atoms with Gasteiger partial charge in [0.25, 0.3) is 0 Å². The Morgan fingerprint density at radius 3 is 2.42 bits per heavy atom. The summed E-state index contributed by atoms with van der Waals surface area (Å²) in [5.74, 6) is 0. The van der Waals surface area contributed by atoms with E-state index in [0.717, 1.165) is 6.54 Å². The predicted octanol–water partition coefficient (Wildman–Crippen LogP) is 4.00. The lowest BCUT2D eigenvalue weighted by molar-refractivity contribution is 0.0904. The van der Waals surface area contributed by atoms with Crippen molar-refractivity contribution in [3.63, 3.8) is 0 Å². The number of nitrogens with zero attached hydrogens (tertiary/aromatic N) is 1. The highest BCUT2D eigenvalue weighted by Crippen LogP contribution is 2.34. The first-order valence-electron chi connectivity index (χ1n) is 7.66. The van der Waals surface area contributed by atoms with Crippen LogP contribution in [-0.4, -0.2) is 30.6 Å². The van der Waals surface area contributed by atoms with Crippen molar-refractivity contribution < 1.29 is 0 Å². The molecule has 1 unspecified atom stereocenters. The van der Waals surface area contributed by atoms with E-state index in [4.69, 9.17) is 0 Å². The molecule has 1 aromatic rings. The lowest BCUT2D eigenvalue weighted by Gasteiger charge is -2.41. The average molecular weight is 260 g/mol. The van der Waals surface area contributed by atoms with E-state index in [0.29, 0.717) is 11.5 Å². The summed E-state index contributed by atoms with van der Waals surface area (Å²) >= 11 is 0. The highest BCUT2D eigenvalue weighted by Gasteiger charge is 2.29. The van der Waals surface area contributed by atoms with Crippen LogP contribution < -0.4 is 5.32 Å². The summed E-state index contributed by atoms with van der Waals surface area (Å²) in [5.41, 5.74) is 1.81. The molecule has 2 heteroatoms. The van der Waals surface area contributed by atoms with E-state index >= 15 is 0 Å². The summed E-state index contributed by atoms with van der Waals surface area (Å²) in [5, 5.41) is 3.53.